The Morgan fingerprint density at radius 2 is 1.64 bits per heavy atom. The van der Waals surface area contributed by atoms with Gasteiger partial charge < -0.3 is 4.74 Å². The average molecular weight is 223 g/mol. The van der Waals surface area contributed by atoms with Gasteiger partial charge in [-0.3, -0.25) is 0 Å². The molecule has 0 aliphatic rings. The molecule has 0 aliphatic carbocycles. The molecule has 1 nitrogen and oxygen atoms in total. The Hall–Kier alpha value is -0.460. The van der Waals surface area contributed by atoms with Crippen LogP contribution in [-0.2, 0) is 4.74 Å². The van der Waals surface area contributed by atoms with Gasteiger partial charge in [-0.1, -0.05) is 13.3 Å². The summed E-state index contributed by atoms with van der Waals surface area (Å²) in [5.41, 5.74) is 0. The second-order valence-electron chi connectivity index (χ2n) is 2.55. The Bertz CT molecular complexity index is 170. The molecular formula is C7H9F6O. The van der Waals surface area contributed by atoms with Crippen LogP contribution in [0.4, 0.5) is 26.3 Å². The molecule has 0 aliphatic heterocycles. The van der Waals surface area contributed by atoms with E-state index < -0.39 is 25.1 Å². The second kappa shape index (κ2) is 4.86. The van der Waals surface area contributed by atoms with Gasteiger partial charge in [0.25, 0.3) is 0 Å². The third-order valence-electron chi connectivity index (χ3n) is 1.38. The fraction of sp³-hybridized carbons (Fsp3) is 0.857. The molecule has 0 N–H and O–H groups in total. The number of ether oxygens (including phenoxy) is 1. The topological polar surface area (TPSA) is 9.23 Å². The summed E-state index contributed by atoms with van der Waals surface area (Å²) in [5.74, 6) is -5.53. The van der Waals surface area contributed by atoms with Crippen molar-refractivity contribution in [2.75, 3.05) is 6.61 Å². The number of hydrogen-bond donors (Lipinski definition) is 0. The highest BCUT2D eigenvalue weighted by atomic mass is 19.3. The molecule has 0 fully saturated rings. The largest absolute Gasteiger partial charge is 0.426 e. The van der Waals surface area contributed by atoms with Gasteiger partial charge in [0.05, 0.1) is 6.61 Å². The van der Waals surface area contributed by atoms with Crippen LogP contribution in [0.5, 0.6) is 0 Å². The molecule has 0 aromatic rings. The summed E-state index contributed by atoms with van der Waals surface area (Å²) in [6.45, 7) is 0.924. The van der Waals surface area contributed by atoms with Crippen molar-refractivity contribution in [3.05, 3.63) is 6.43 Å². The van der Waals surface area contributed by atoms with E-state index in [1.165, 1.54) is 0 Å². The molecule has 0 bridgehead atoms. The van der Waals surface area contributed by atoms with E-state index in [-0.39, 0.29) is 6.42 Å². The molecule has 1 radical (unpaired) electrons. The summed E-state index contributed by atoms with van der Waals surface area (Å²) in [7, 11) is 0. The highest BCUT2D eigenvalue weighted by molar-refractivity contribution is 4.90. The van der Waals surface area contributed by atoms with Crippen molar-refractivity contribution >= 4 is 0 Å². The summed E-state index contributed by atoms with van der Waals surface area (Å²) in [6, 6.07) is 0. The monoisotopic (exact) mass is 223 g/mol. The Labute approximate surface area is 77.0 Å². The molecule has 0 unspecified atom stereocenters. The van der Waals surface area contributed by atoms with Crippen molar-refractivity contribution in [2.45, 2.75) is 31.8 Å². The molecule has 0 saturated carbocycles. The van der Waals surface area contributed by atoms with Crippen molar-refractivity contribution in [1.29, 1.82) is 0 Å². The lowest BCUT2D eigenvalue weighted by Gasteiger charge is -2.24. The Morgan fingerprint density at radius 1 is 1.14 bits per heavy atom. The lowest BCUT2D eigenvalue weighted by molar-refractivity contribution is -0.354. The smallest absolute Gasteiger partial charge is 0.316 e. The van der Waals surface area contributed by atoms with Gasteiger partial charge in [-0.05, 0) is 6.42 Å². The number of rotatable bonds is 6. The molecule has 0 saturated heterocycles. The van der Waals surface area contributed by atoms with Gasteiger partial charge in [-0.2, -0.15) is 26.3 Å². The number of unbranched alkanes of at least 4 members (excludes halogenated alkanes) is 1. The number of hydrogen-bond acceptors (Lipinski definition) is 1. The predicted molar refractivity (Wildman–Crippen MR) is 36.2 cm³/mol. The highest BCUT2D eigenvalue weighted by Crippen LogP contribution is 2.43. The van der Waals surface area contributed by atoms with Crippen LogP contribution in [0.2, 0.25) is 0 Å². The van der Waals surface area contributed by atoms with Gasteiger partial charge in [-0.15, -0.1) is 0 Å². The SMILES string of the molecule is CCCCOC(F)(F)C(F)(F)[C](F)F. The van der Waals surface area contributed by atoms with E-state index in [0.717, 1.165) is 0 Å². The predicted octanol–water partition coefficient (Wildman–Crippen LogP) is 3.46. The van der Waals surface area contributed by atoms with Gasteiger partial charge in [0.2, 0.25) is 0 Å². The van der Waals surface area contributed by atoms with Crippen LogP contribution in [0.15, 0.2) is 0 Å². The fourth-order valence-electron chi connectivity index (χ4n) is 0.545. The fourth-order valence-corrected chi connectivity index (χ4v) is 0.545. The maximum absolute atomic E-state index is 12.3. The Balaban J connectivity index is 4.29. The molecule has 14 heavy (non-hydrogen) atoms. The summed E-state index contributed by atoms with van der Waals surface area (Å²) >= 11 is 0. The molecule has 7 heteroatoms. The van der Waals surface area contributed by atoms with Crippen molar-refractivity contribution in [3.63, 3.8) is 0 Å². The highest BCUT2D eigenvalue weighted by Gasteiger charge is 2.65. The van der Waals surface area contributed by atoms with Crippen LogP contribution in [0.3, 0.4) is 0 Å². The molecule has 0 aromatic carbocycles. The van der Waals surface area contributed by atoms with Gasteiger partial charge in [-0.25, -0.2) is 0 Å². The van der Waals surface area contributed by atoms with E-state index in [1.54, 1.807) is 6.92 Å². The van der Waals surface area contributed by atoms with E-state index >= 15 is 0 Å². The first-order chi connectivity index (χ1) is 6.25. The van der Waals surface area contributed by atoms with Crippen molar-refractivity contribution in [3.8, 4) is 0 Å². The summed E-state index contributed by atoms with van der Waals surface area (Å²) in [6.07, 6.45) is -8.27. The zero-order valence-electron chi connectivity index (χ0n) is 7.30. The Kier molecular flexibility index (Phi) is 4.70. The molecule has 0 amide bonds. The average Bonchev–Trinajstić information content (AvgIpc) is 2.04. The third-order valence-corrected chi connectivity index (χ3v) is 1.38. The van der Waals surface area contributed by atoms with E-state index in [0.29, 0.717) is 6.42 Å². The third kappa shape index (κ3) is 3.04. The van der Waals surface area contributed by atoms with Gasteiger partial charge in [0.15, 0.2) is 0 Å². The minimum Gasteiger partial charge on any atom is -0.316 e. The van der Waals surface area contributed by atoms with Crippen LogP contribution in [0.1, 0.15) is 19.8 Å². The zero-order valence-corrected chi connectivity index (χ0v) is 7.30. The van der Waals surface area contributed by atoms with E-state index in [4.69, 9.17) is 0 Å². The molecule has 0 spiro atoms. The maximum atomic E-state index is 12.3. The number of halogens is 6. The minimum absolute atomic E-state index is 0.0968. The first-order valence-electron chi connectivity index (χ1n) is 3.83. The molecule has 0 aromatic heterocycles. The van der Waals surface area contributed by atoms with Crippen molar-refractivity contribution in [1.82, 2.24) is 0 Å². The lowest BCUT2D eigenvalue weighted by Crippen LogP contribution is -2.45. The zero-order chi connectivity index (χ0) is 11.4. The minimum atomic E-state index is -5.53. The van der Waals surface area contributed by atoms with E-state index in [1.807, 2.05) is 0 Å². The van der Waals surface area contributed by atoms with Gasteiger partial charge >= 0.3 is 18.5 Å². The van der Waals surface area contributed by atoms with Crippen LogP contribution >= 0.6 is 0 Å². The first kappa shape index (κ1) is 13.5. The quantitative estimate of drug-likeness (QED) is 0.495. The lowest BCUT2D eigenvalue weighted by atomic mass is 10.3. The Morgan fingerprint density at radius 3 is 2.00 bits per heavy atom. The molecule has 85 valence electrons. The normalized spacial score (nSPS) is 13.7. The van der Waals surface area contributed by atoms with Crippen LogP contribution in [0.25, 0.3) is 0 Å². The molecular weight excluding hydrogens is 214 g/mol. The van der Waals surface area contributed by atoms with Gasteiger partial charge in [0, 0.05) is 0 Å². The summed E-state index contributed by atoms with van der Waals surface area (Å²) in [5, 5.41) is 0. The molecule has 0 rings (SSSR count). The van der Waals surface area contributed by atoms with E-state index in [9.17, 15) is 26.3 Å². The molecule has 0 heterocycles. The molecule has 0 atom stereocenters. The van der Waals surface area contributed by atoms with Crippen molar-refractivity contribution in [2.24, 2.45) is 0 Å². The standard InChI is InChI=1S/C7H9F6O/c1-2-3-4-14-7(12,13)6(10,11)5(8)9/h2-4H2,1H3. The van der Waals surface area contributed by atoms with Crippen molar-refractivity contribution < 1.29 is 31.1 Å². The summed E-state index contributed by atoms with van der Waals surface area (Å²) < 4.78 is 75.0. The van der Waals surface area contributed by atoms with Crippen LogP contribution < -0.4 is 0 Å². The van der Waals surface area contributed by atoms with Crippen LogP contribution in [-0.4, -0.2) is 18.6 Å². The second-order valence-corrected chi connectivity index (χ2v) is 2.55. The first-order valence-corrected chi connectivity index (χ1v) is 3.83. The van der Waals surface area contributed by atoms with Gasteiger partial charge in [0.1, 0.15) is 0 Å². The number of alkyl halides is 4. The van der Waals surface area contributed by atoms with E-state index in [2.05, 4.69) is 4.74 Å². The maximum Gasteiger partial charge on any atom is 0.426 e. The van der Waals surface area contributed by atoms with Crippen LogP contribution in [0, 0.1) is 6.43 Å². The summed E-state index contributed by atoms with van der Waals surface area (Å²) in [4.78, 5) is 0.